The molecule has 0 aromatic heterocycles. The zero-order valence-corrected chi connectivity index (χ0v) is 10.8. The van der Waals surface area contributed by atoms with Gasteiger partial charge in [-0.05, 0) is 24.8 Å². The molecule has 2 amide bonds. The van der Waals surface area contributed by atoms with Gasteiger partial charge < -0.3 is 16.4 Å². The summed E-state index contributed by atoms with van der Waals surface area (Å²) in [5.41, 5.74) is 6.64. The predicted octanol–water partition coefficient (Wildman–Crippen LogP) is 0.471. The van der Waals surface area contributed by atoms with Crippen molar-refractivity contribution in [2.45, 2.75) is 31.3 Å². The lowest BCUT2D eigenvalue weighted by Crippen LogP contribution is -2.48. The van der Waals surface area contributed by atoms with E-state index in [1.165, 1.54) is 0 Å². The first-order valence-corrected chi connectivity index (χ1v) is 6.57. The van der Waals surface area contributed by atoms with E-state index in [2.05, 4.69) is 10.6 Å². The third-order valence-corrected chi connectivity index (χ3v) is 3.29. The van der Waals surface area contributed by atoms with Crippen LogP contribution < -0.4 is 16.4 Å². The van der Waals surface area contributed by atoms with E-state index < -0.39 is 12.1 Å². The van der Waals surface area contributed by atoms with Gasteiger partial charge in [0.05, 0.1) is 0 Å². The molecule has 1 aromatic rings. The Bertz CT molecular complexity index is 447. The van der Waals surface area contributed by atoms with Gasteiger partial charge in [-0.1, -0.05) is 30.3 Å². The van der Waals surface area contributed by atoms with E-state index >= 15 is 0 Å². The Kier molecular flexibility index (Phi) is 4.52. The predicted molar refractivity (Wildman–Crippen MR) is 72.2 cm³/mol. The lowest BCUT2D eigenvalue weighted by Gasteiger charge is -2.18. The van der Waals surface area contributed by atoms with E-state index in [9.17, 15) is 9.59 Å². The van der Waals surface area contributed by atoms with Crippen LogP contribution in [-0.2, 0) is 9.59 Å². The molecule has 0 radical (unpaired) electrons. The van der Waals surface area contributed by atoms with Crippen molar-refractivity contribution in [3.63, 3.8) is 0 Å². The maximum Gasteiger partial charge on any atom is 0.242 e. The second-order valence-electron chi connectivity index (χ2n) is 4.74. The largest absolute Gasteiger partial charge is 0.354 e. The highest BCUT2D eigenvalue weighted by molar-refractivity contribution is 5.90. The van der Waals surface area contributed by atoms with Crippen LogP contribution in [0.15, 0.2) is 30.3 Å². The SMILES string of the molecule is NC(C(=O)NC1CCCCNC1=O)c1ccccc1. The fourth-order valence-electron chi connectivity index (χ4n) is 2.15. The molecule has 2 unspecified atom stereocenters. The highest BCUT2D eigenvalue weighted by atomic mass is 16.2. The molecule has 0 aliphatic carbocycles. The van der Waals surface area contributed by atoms with Crippen molar-refractivity contribution in [2.75, 3.05) is 6.54 Å². The van der Waals surface area contributed by atoms with E-state index in [1.54, 1.807) is 12.1 Å². The highest BCUT2D eigenvalue weighted by Crippen LogP contribution is 2.11. The number of rotatable bonds is 3. The maximum absolute atomic E-state index is 12.1. The van der Waals surface area contributed by atoms with Crippen molar-refractivity contribution in [2.24, 2.45) is 5.73 Å². The summed E-state index contributed by atoms with van der Waals surface area (Å²) in [5, 5.41) is 5.52. The molecule has 1 heterocycles. The van der Waals surface area contributed by atoms with Crippen molar-refractivity contribution >= 4 is 11.8 Å². The Labute approximate surface area is 112 Å². The molecule has 1 saturated heterocycles. The molecule has 0 bridgehead atoms. The van der Waals surface area contributed by atoms with Gasteiger partial charge in [-0.2, -0.15) is 0 Å². The van der Waals surface area contributed by atoms with E-state index in [1.807, 2.05) is 18.2 Å². The second kappa shape index (κ2) is 6.33. The molecule has 1 aliphatic heterocycles. The lowest BCUT2D eigenvalue weighted by molar-refractivity contribution is -0.129. The number of nitrogens with two attached hydrogens (primary N) is 1. The smallest absolute Gasteiger partial charge is 0.242 e. The quantitative estimate of drug-likeness (QED) is 0.739. The summed E-state index contributed by atoms with van der Waals surface area (Å²) in [6.45, 7) is 0.677. The molecule has 1 fully saturated rings. The minimum Gasteiger partial charge on any atom is -0.354 e. The number of nitrogens with one attached hydrogen (secondary N) is 2. The Hall–Kier alpha value is -1.88. The summed E-state index contributed by atoms with van der Waals surface area (Å²) in [6.07, 6.45) is 2.53. The summed E-state index contributed by atoms with van der Waals surface area (Å²) in [6, 6.07) is 7.94. The minimum atomic E-state index is -0.739. The number of carbonyl (C=O) groups is 2. The van der Waals surface area contributed by atoms with Crippen molar-refractivity contribution in [1.82, 2.24) is 10.6 Å². The van der Waals surface area contributed by atoms with Crippen LogP contribution in [0.25, 0.3) is 0 Å². The monoisotopic (exact) mass is 261 g/mol. The normalized spacial score (nSPS) is 21.1. The Balaban J connectivity index is 1.98. The van der Waals surface area contributed by atoms with Gasteiger partial charge >= 0.3 is 0 Å². The molecular weight excluding hydrogens is 242 g/mol. The van der Waals surface area contributed by atoms with Gasteiger partial charge in [-0.25, -0.2) is 0 Å². The van der Waals surface area contributed by atoms with Gasteiger partial charge in [0.2, 0.25) is 11.8 Å². The molecule has 1 aromatic carbocycles. The number of carbonyl (C=O) groups excluding carboxylic acids is 2. The molecule has 4 N–H and O–H groups in total. The highest BCUT2D eigenvalue weighted by Gasteiger charge is 2.25. The molecule has 0 saturated carbocycles. The van der Waals surface area contributed by atoms with Gasteiger partial charge in [0.15, 0.2) is 0 Å². The summed E-state index contributed by atoms with van der Waals surface area (Å²) in [5.74, 6) is -0.431. The molecule has 2 atom stereocenters. The molecule has 2 rings (SSSR count). The van der Waals surface area contributed by atoms with E-state index in [0.717, 1.165) is 18.4 Å². The van der Waals surface area contributed by atoms with Crippen LogP contribution in [0.5, 0.6) is 0 Å². The third kappa shape index (κ3) is 3.54. The van der Waals surface area contributed by atoms with Crippen LogP contribution in [-0.4, -0.2) is 24.4 Å². The fraction of sp³-hybridized carbons (Fsp3) is 0.429. The molecular formula is C14H19N3O2. The lowest BCUT2D eigenvalue weighted by atomic mass is 10.1. The Morgan fingerprint density at radius 2 is 2.05 bits per heavy atom. The van der Waals surface area contributed by atoms with E-state index in [-0.39, 0.29) is 11.8 Å². The average molecular weight is 261 g/mol. The van der Waals surface area contributed by atoms with E-state index in [0.29, 0.717) is 13.0 Å². The van der Waals surface area contributed by atoms with Gasteiger partial charge in [-0.3, -0.25) is 9.59 Å². The number of amides is 2. The molecule has 19 heavy (non-hydrogen) atoms. The van der Waals surface area contributed by atoms with Crippen LogP contribution in [0.4, 0.5) is 0 Å². The molecule has 5 nitrogen and oxygen atoms in total. The van der Waals surface area contributed by atoms with Crippen LogP contribution in [0.3, 0.4) is 0 Å². The van der Waals surface area contributed by atoms with Gasteiger partial charge in [0, 0.05) is 6.54 Å². The summed E-state index contributed by atoms with van der Waals surface area (Å²) < 4.78 is 0. The van der Waals surface area contributed by atoms with Crippen LogP contribution in [0, 0.1) is 0 Å². The van der Waals surface area contributed by atoms with Crippen LogP contribution >= 0.6 is 0 Å². The Morgan fingerprint density at radius 1 is 1.32 bits per heavy atom. The molecule has 0 spiro atoms. The van der Waals surface area contributed by atoms with Crippen molar-refractivity contribution < 1.29 is 9.59 Å². The van der Waals surface area contributed by atoms with Crippen molar-refractivity contribution in [3.05, 3.63) is 35.9 Å². The summed E-state index contributed by atoms with van der Waals surface area (Å²) in [7, 11) is 0. The molecule has 5 heteroatoms. The van der Waals surface area contributed by atoms with Gasteiger partial charge in [0.1, 0.15) is 12.1 Å². The van der Waals surface area contributed by atoms with Crippen molar-refractivity contribution in [1.29, 1.82) is 0 Å². The number of benzene rings is 1. The first kappa shape index (κ1) is 13.5. The second-order valence-corrected chi connectivity index (χ2v) is 4.74. The standard InChI is InChI=1S/C14H19N3O2/c15-12(10-6-2-1-3-7-10)14(19)17-11-8-4-5-9-16-13(11)18/h1-3,6-7,11-12H,4-5,8-9,15H2,(H,16,18)(H,17,19). The van der Waals surface area contributed by atoms with Crippen LogP contribution in [0.1, 0.15) is 30.9 Å². The molecule has 1 aliphatic rings. The number of hydrogen-bond acceptors (Lipinski definition) is 3. The zero-order chi connectivity index (χ0) is 13.7. The van der Waals surface area contributed by atoms with Crippen molar-refractivity contribution in [3.8, 4) is 0 Å². The third-order valence-electron chi connectivity index (χ3n) is 3.29. The number of hydrogen-bond donors (Lipinski definition) is 3. The first-order valence-electron chi connectivity index (χ1n) is 6.57. The summed E-state index contributed by atoms with van der Waals surface area (Å²) >= 11 is 0. The van der Waals surface area contributed by atoms with Gasteiger partial charge in [0.25, 0.3) is 0 Å². The van der Waals surface area contributed by atoms with Crippen LogP contribution in [0.2, 0.25) is 0 Å². The average Bonchev–Trinajstić information content (AvgIpc) is 2.64. The Morgan fingerprint density at radius 3 is 2.79 bits per heavy atom. The fourth-order valence-corrected chi connectivity index (χ4v) is 2.15. The zero-order valence-electron chi connectivity index (χ0n) is 10.8. The topological polar surface area (TPSA) is 84.2 Å². The minimum absolute atomic E-state index is 0.119. The molecule has 102 valence electrons. The maximum atomic E-state index is 12.1. The van der Waals surface area contributed by atoms with E-state index in [4.69, 9.17) is 5.73 Å². The van der Waals surface area contributed by atoms with Gasteiger partial charge in [-0.15, -0.1) is 0 Å². The summed E-state index contributed by atoms with van der Waals surface area (Å²) in [4.78, 5) is 23.8. The first-order chi connectivity index (χ1) is 9.18.